The SMILES string of the molecule is Nc1ccc(C(=O)NCC(=O)N2CCC[C@@H]2C=O)cc1Cl. The molecule has 0 saturated carbocycles. The molecule has 0 bridgehead atoms. The predicted molar refractivity (Wildman–Crippen MR) is 79.0 cm³/mol. The summed E-state index contributed by atoms with van der Waals surface area (Å²) in [4.78, 5) is 36.2. The number of nitrogens with zero attached hydrogens (tertiary/aromatic N) is 1. The smallest absolute Gasteiger partial charge is 0.251 e. The van der Waals surface area contributed by atoms with Gasteiger partial charge >= 0.3 is 0 Å². The van der Waals surface area contributed by atoms with Gasteiger partial charge in [-0.1, -0.05) is 11.6 Å². The lowest BCUT2D eigenvalue weighted by Crippen LogP contribution is -2.43. The molecule has 21 heavy (non-hydrogen) atoms. The molecule has 1 saturated heterocycles. The molecule has 0 spiro atoms. The number of likely N-dealkylation sites (tertiary alicyclic amines) is 1. The number of hydrogen-bond acceptors (Lipinski definition) is 4. The third-order valence-electron chi connectivity index (χ3n) is 3.44. The summed E-state index contributed by atoms with van der Waals surface area (Å²) < 4.78 is 0. The lowest BCUT2D eigenvalue weighted by Gasteiger charge is -2.20. The molecule has 1 aliphatic rings. The Morgan fingerprint density at radius 1 is 1.48 bits per heavy atom. The summed E-state index contributed by atoms with van der Waals surface area (Å²) >= 11 is 5.84. The highest BCUT2D eigenvalue weighted by molar-refractivity contribution is 6.33. The number of nitrogens with one attached hydrogen (secondary N) is 1. The molecule has 7 heteroatoms. The lowest BCUT2D eigenvalue weighted by molar-refractivity contribution is -0.133. The molecule has 1 heterocycles. The Morgan fingerprint density at radius 2 is 2.24 bits per heavy atom. The van der Waals surface area contributed by atoms with Gasteiger partial charge in [0.05, 0.1) is 23.3 Å². The highest BCUT2D eigenvalue weighted by atomic mass is 35.5. The van der Waals surface area contributed by atoms with Crippen LogP contribution in [-0.2, 0) is 9.59 Å². The fourth-order valence-corrected chi connectivity index (χ4v) is 2.45. The zero-order valence-corrected chi connectivity index (χ0v) is 12.1. The number of halogens is 1. The highest BCUT2D eigenvalue weighted by Crippen LogP contribution is 2.19. The molecule has 0 aromatic heterocycles. The minimum absolute atomic E-state index is 0.148. The van der Waals surface area contributed by atoms with Crippen LogP contribution in [0.25, 0.3) is 0 Å². The average Bonchev–Trinajstić information content (AvgIpc) is 2.95. The van der Waals surface area contributed by atoms with Crippen molar-refractivity contribution in [2.45, 2.75) is 18.9 Å². The van der Waals surface area contributed by atoms with E-state index < -0.39 is 5.91 Å². The van der Waals surface area contributed by atoms with E-state index in [1.165, 1.54) is 23.1 Å². The fraction of sp³-hybridized carbons (Fsp3) is 0.357. The number of amides is 2. The van der Waals surface area contributed by atoms with E-state index in [-0.39, 0.29) is 23.5 Å². The number of benzene rings is 1. The number of carbonyl (C=O) groups excluding carboxylic acids is 3. The van der Waals surface area contributed by atoms with E-state index in [4.69, 9.17) is 17.3 Å². The Hall–Kier alpha value is -2.08. The Bertz CT molecular complexity index is 577. The van der Waals surface area contributed by atoms with E-state index in [1.807, 2.05) is 0 Å². The zero-order chi connectivity index (χ0) is 15.4. The van der Waals surface area contributed by atoms with Gasteiger partial charge in [0, 0.05) is 12.1 Å². The zero-order valence-electron chi connectivity index (χ0n) is 11.3. The number of aldehydes is 1. The van der Waals surface area contributed by atoms with Crippen molar-refractivity contribution < 1.29 is 14.4 Å². The maximum absolute atomic E-state index is 12.0. The first kappa shape index (κ1) is 15.3. The van der Waals surface area contributed by atoms with Crippen LogP contribution in [0.15, 0.2) is 18.2 Å². The van der Waals surface area contributed by atoms with E-state index >= 15 is 0 Å². The Balaban J connectivity index is 1.93. The van der Waals surface area contributed by atoms with Crippen molar-refractivity contribution in [3.8, 4) is 0 Å². The number of hydrogen-bond donors (Lipinski definition) is 2. The van der Waals surface area contributed by atoms with Crippen LogP contribution in [0.1, 0.15) is 23.2 Å². The Morgan fingerprint density at radius 3 is 2.90 bits per heavy atom. The van der Waals surface area contributed by atoms with Gasteiger partial charge < -0.3 is 20.7 Å². The van der Waals surface area contributed by atoms with Crippen LogP contribution < -0.4 is 11.1 Å². The van der Waals surface area contributed by atoms with Crippen LogP contribution in [0.5, 0.6) is 0 Å². The Labute approximate surface area is 127 Å². The first-order valence-corrected chi connectivity index (χ1v) is 6.98. The number of nitrogen functional groups attached to an aromatic ring is 1. The molecule has 2 amide bonds. The third kappa shape index (κ3) is 3.52. The summed E-state index contributed by atoms with van der Waals surface area (Å²) in [5.74, 6) is -0.674. The van der Waals surface area contributed by atoms with Gasteiger partial charge in [-0.25, -0.2) is 0 Å². The molecule has 0 radical (unpaired) electrons. The second-order valence-corrected chi connectivity index (χ2v) is 5.26. The molecule has 1 aromatic carbocycles. The molecule has 2 rings (SSSR count). The molecule has 0 aliphatic carbocycles. The van der Waals surface area contributed by atoms with Gasteiger partial charge in [0.15, 0.2) is 0 Å². The molecule has 1 fully saturated rings. The normalized spacial score (nSPS) is 17.6. The molecular formula is C14H16ClN3O3. The van der Waals surface area contributed by atoms with Crippen molar-refractivity contribution in [3.63, 3.8) is 0 Å². The van der Waals surface area contributed by atoms with Gasteiger partial charge in [-0.15, -0.1) is 0 Å². The molecule has 6 nitrogen and oxygen atoms in total. The van der Waals surface area contributed by atoms with Gasteiger partial charge in [0.25, 0.3) is 5.91 Å². The monoisotopic (exact) mass is 309 g/mol. The van der Waals surface area contributed by atoms with Crippen LogP contribution >= 0.6 is 11.6 Å². The minimum atomic E-state index is -0.410. The van der Waals surface area contributed by atoms with E-state index in [0.717, 1.165) is 12.7 Å². The summed E-state index contributed by atoms with van der Waals surface area (Å²) in [6, 6.07) is 4.13. The van der Waals surface area contributed by atoms with Crippen molar-refractivity contribution in [3.05, 3.63) is 28.8 Å². The predicted octanol–water partition coefficient (Wildman–Crippen LogP) is 0.842. The molecule has 0 unspecified atom stereocenters. The number of carbonyl (C=O) groups is 3. The molecular weight excluding hydrogens is 294 g/mol. The molecule has 112 valence electrons. The molecule has 1 atom stereocenters. The molecule has 3 N–H and O–H groups in total. The number of nitrogens with two attached hydrogens (primary N) is 1. The van der Waals surface area contributed by atoms with Gasteiger partial charge in [-0.3, -0.25) is 9.59 Å². The van der Waals surface area contributed by atoms with Crippen molar-refractivity contribution in [1.29, 1.82) is 0 Å². The minimum Gasteiger partial charge on any atom is -0.398 e. The van der Waals surface area contributed by atoms with Crippen LogP contribution in [0.3, 0.4) is 0 Å². The van der Waals surface area contributed by atoms with Crippen molar-refractivity contribution in [2.24, 2.45) is 0 Å². The largest absolute Gasteiger partial charge is 0.398 e. The van der Waals surface area contributed by atoms with E-state index in [2.05, 4.69) is 5.32 Å². The Kier molecular flexibility index (Phi) is 4.80. The lowest BCUT2D eigenvalue weighted by atomic mass is 10.2. The molecule has 1 aliphatic heterocycles. The standard InChI is InChI=1S/C14H16ClN3O3/c15-11-6-9(3-4-12(11)16)14(21)17-7-13(20)18-5-1-2-10(18)8-19/h3-4,6,8,10H,1-2,5,7,16H2,(H,17,21)/t10-/m1/s1. The first-order chi connectivity index (χ1) is 10.0. The van der Waals surface area contributed by atoms with Crippen LogP contribution in [-0.4, -0.2) is 42.1 Å². The summed E-state index contributed by atoms with van der Waals surface area (Å²) in [6.45, 7) is 0.400. The van der Waals surface area contributed by atoms with E-state index in [1.54, 1.807) is 0 Å². The average molecular weight is 310 g/mol. The summed E-state index contributed by atoms with van der Waals surface area (Å²) in [6.07, 6.45) is 2.25. The summed E-state index contributed by atoms with van der Waals surface area (Å²) in [5.41, 5.74) is 6.28. The van der Waals surface area contributed by atoms with E-state index in [0.29, 0.717) is 24.2 Å². The maximum Gasteiger partial charge on any atom is 0.251 e. The third-order valence-corrected chi connectivity index (χ3v) is 3.77. The van der Waals surface area contributed by atoms with Gasteiger partial charge in [-0.05, 0) is 31.0 Å². The highest BCUT2D eigenvalue weighted by Gasteiger charge is 2.28. The van der Waals surface area contributed by atoms with Crippen molar-refractivity contribution in [2.75, 3.05) is 18.8 Å². The topological polar surface area (TPSA) is 92.5 Å². The van der Waals surface area contributed by atoms with Gasteiger partial charge in [0.2, 0.25) is 5.91 Å². The fourth-order valence-electron chi connectivity index (χ4n) is 2.27. The van der Waals surface area contributed by atoms with Crippen molar-refractivity contribution >= 4 is 35.4 Å². The van der Waals surface area contributed by atoms with Gasteiger partial charge in [0.1, 0.15) is 6.29 Å². The second kappa shape index (κ2) is 6.58. The number of rotatable bonds is 4. The quantitative estimate of drug-likeness (QED) is 0.637. The molecule has 1 aromatic rings. The summed E-state index contributed by atoms with van der Waals surface area (Å²) in [5, 5.41) is 2.81. The number of anilines is 1. The van der Waals surface area contributed by atoms with Crippen LogP contribution in [0, 0.1) is 0 Å². The van der Waals surface area contributed by atoms with Crippen LogP contribution in [0.2, 0.25) is 5.02 Å². The second-order valence-electron chi connectivity index (χ2n) is 4.85. The summed E-state index contributed by atoms with van der Waals surface area (Å²) in [7, 11) is 0. The van der Waals surface area contributed by atoms with Crippen LogP contribution in [0.4, 0.5) is 5.69 Å². The van der Waals surface area contributed by atoms with E-state index in [9.17, 15) is 14.4 Å². The van der Waals surface area contributed by atoms with Crippen molar-refractivity contribution in [1.82, 2.24) is 10.2 Å². The van der Waals surface area contributed by atoms with Gasteiger partial charge in [-0.2, -0.15) is 0 Å². The maximum atomic E-state index is 12.0. The first-order valence-electron chi connectivity index (χ1n) is 6.61.